The van der Waals surface area contributed by atoms with Crippen molar-refractivity contribution in [3.8, 4) is 5.75 Å². The predicted molar refractivity (Wildman–Crippen MR) is 137 cm³/mol. The number of para-hydroxylation sites is 1. The number of piperazine rings is 1. The van der Waals surface area contributed by atoms with Crippen molar-refractivity contribution in [1.82, 2.24) is 20.1 Å². The lowest BCUT2D eigenvalue weighted by atomic mass is 10.1. The molecule has 2 aromatic rings. The van der Waals surface area contributed by atoms with Gasteiger partial charge in [-0.1, -0.05) is 12.1 Å². The van der Waals surface area contributed by atoms with Gasteiger partial charge in [-0.3, -0.25) is 14.4 Å². The van der Waals surface area contributed by atoms with Gasteiger partial charge in [-0.05, 0) is 39.3 Å². The zero-order chi connectivity index (χ0) is 28.7. The molecule has 1 saturated heterocycles. The number of fused-ring (bicyclic) bond motifs is 1. The summed E-state index contributed by atoms with van der Waals surface area (Å²) in [4.78, 5) is 68.7. The number of carboxylic acids is 2. The Bertz CT molecular complexity index is 1260. The lowest BCUT2D eigenvalue weighted by Gasteiger charge is -2.35. The predicted octanol–water partition coefficient (Wildman–Crippen LogP) is 1.74. The summed E-state index contributed by atoms with van der Waals surface area (Å²) in [5.41, 5.74) is -1.38. The smallest absolute Gasteiger partial charge is 0.409 e. The number of carboxylic acid groups (broad SMARTS) is 2. The van der Waals surface area contributed by atoms with E-state index in [-0.39, 0.29) is 57.1 Å². The van der Waals surface area contributed by atoms with Crippen LogP contribution in [0.3, 0.4) is 0 Å². The highest BCUT2D eigenvalue weighted by molar-refractivity contribution is 5.99. The number of carbonyl (C=O) groups is 5. The van der Waals surface area contributed by atoms with Crippen LogP contribution in [0.4, 0.5) is 4.79 Å². The number of nitrogens with zero attached hydrogens (tertiary/aromatic N) is 3. The SMILES string of the molecule is CCOC(=O)N1CCN(C(=O)C(CCC(=O)O)NC(=O)c2cc(OC(C)(C)C(=O)O)c3ccccc3n2)CC1. The monoisotopic (exact) mass is 544 g/mol. The van der Waals surface area contributed by atoms with Gasteiger partial charge in [0.2, 0.25) is 5.91 Å². The Hall–Kier alpha value is -4.42. The number of rotatable bonds is 10. The summed E-state index contributed by atoms with van der Waals surface area (Å²) in [6.07, 6.45) is -1.01. The maximum absolute atomic E-state index is 13.3. The van der Waals surface area contributed by atoms with Gasteiger partial charge in [0.1, 0.15) is 17.5 Å². The number of benzene rings is 1. The van der Waals surface area contributed by atoms with Crippen LogP contribution < -0.4 is 10.1 Å². The molecule has 1 fully saturated rings. The minimum atomic E-state index is -1.61. The Morgan fingerprint density at radius 3 is 2.31 bits per heavy atom. The zero-order valence-electron chi connectivity index (χ0n) is 22.0. The summed E-state index contributed by atoms with van der Waals surface area (Å²) in [7, 11) is 0. The largest absolute Gasteiger partial charge is 0.481 e. The van der Waals surface area contributed by atoms with E-state index < -0.39 is 41.5 Å². The lowest BCUT2D eigenvalue weighted by molar-refractivity contribution is -0.152. The first-order valence-electron chi connectivity index (χ1n) is 12.5. The van der Waals surface area contributed by atoms with Crippen molar-refractivity contribution in [3.05, 3.63) is 36.0 Å². The molecule has 1 unspecified atom stereocenters. The summed E-state index contributed by atoms with van der Waals surface area (Å²) in [6, 6.07) is 6.83. The van der Waals surface area contributed by atoms with E-state index in [0.717, 1.165) is 0 Å². The van der Waals surface area contributed by atoms with Crippen LogP contribution in [0.1, 0.15) is 44.1 Å². The number of hydrogen-bond acceptors (Lipinski definition) is 8. The second-order valence-corrected chi connectivity index (χ2v) is 9.41. The van der Waals surface area contributed by atoms with Crippen LogP contribution in [0.2, 0.25) is 0 Å². The first kappa shape index (κ1) is 29.1. The highest BCUT2D eigenvalue weighted by Crippen LogP contribution is 2.29. The van der Waals surface area contributed by atoms with Gasteiger partial charge < -0.3 is 34.8 Å². The number of amides is 3. The molecular weight excluding hydrogens is 512 g/mol. The van der Waals surface area contributed by atoms with E-state index in [1.807, 2.05) is 0 Å². The van der Waals surface area contributed by atoms with E-state index >= 15 is 0 Å². The lowest BCUT2D eigenvalue weighted by Crippen LogP contribution is -2.56. The molecule has 13 nitrogen and oxygen atoms in total. The first-order chi connectivity index (χ1) is 18.4. The maximum Gasteiger partial charge on any atom is 0.409 e. The minimum Gasteiger partial charge on any atom is -0.481 e. The molecule has 1 aromatic heterocycles. The highest BCUT2D eigenvalue weighted by Gasteiger charge is 2.33. The fourth-order valence-corrected chi connectivity index (χ4v) is 3.96. The summed E-state index contributed by atoms with van der Waals surface area (Å²) < 4.78 is 10.7. The number of pyridine rings is 1. The molecule has 0 spiro atoms. The molecule has 1 aromatic carbocycles. The Morgan fingerprint density at radius 1 is 1.05 bits per heavy atom. The van der Waals surface area contributed by atoms with Crippen molar-refractivity contribution < 1.29 is 43.7 Å². The minimum absolute atomic E-state index is 0.113. The average molecular weight is 545 g/mol. The summed E-state index contributed by atoms with van der Waals surface area (Å²) in [5.74, 6) is -3.48. The molecule has 13 heteroatoms. The van der Waals surface area contributed by atoms with Crippen LogP contribution in [-0.2, 0) is 19.1 Å². The van der Waals surface area contributed by atoms with Gasteiger partial charge in [0.25, 0.3) is 5.91 Å². The van der Waals surface area contributed by atoms with Crippen molar-refractivity contribution in [2.24, 2.45) is 0 Å². The Morgan fingerprint density at radius 2 is 1.69 bits per heavy atom. The Balaban J connectivity index is 1.83. The summed E-state index contributed by atoms with van der Waals surface area (Å²) >= 11 is 0. The third-order valence-electron chi connectivity index (χ3n) is 6.16. The van der Waals surface area contributed by atoms with Gasteiger partial charge in [0.15, 0.2) is 5.60 Å². The standard InChI is InChI=1S/C26H32N4O9/c1-4-38-25(37)30-13-11-29(12-14-30)23(34)18(9-10-21(31)32)28-22(33)19-15-20(39-26(2,3)24(35)36)16-7-5-6-8-17(16)27-19/h5-8,15,18H,4,9-14H2,1-3H3,(H,28,33)(H,31,32)(H,35,36). The normalized spacial score (nSPS) is 14.4. The van der Waals surface area contributed by atoms with Gasteiger partial charge in [0.05, 0.1) is 12.1 Å². The molecule has 1 atom stereocenters. The molecule has 3 rings (SSSR count). The molecule has 39 heavy (non-hydrogen) atoms. The fourth-order valence-electron chi connectivity index (χ4n) is 3.96. The molecule has 2 heterocycles. The van der Waals surface area contributed by atoms with Crippen LogP contribution in [0.5, 0.6) is 5.75 Å². The molecule has 1 aliphatic heterocycles. The molecule has 1 aliphatic rings. The third kappa shape index (κ3) is 7.33. The highest BCUT2D eigenvalue weighted by atomic mass is 16.6. The van der Waals surface area contributed by atoms with Gasteiger partial charge in [-0.25, -0.2) is 14.6 Å². The van der Waals surface area contributed by atoms with Crippen molar-refractivity contribution >= 4 is 40.7 Å². The molecule has 3 amide bonds. The topological polar surface area (TPSA) is 176 Å². The third-order valence-corrected chi connectivity index (χ3v) is 6.16. The number of carbonyl (C=O) groups excluding carboxylic acids is 3. The van der Waals surface area contributed by atoms with Crippen LogP contribution in [-0.4, -0.2) is 99.3 Å². The Labute approximate surface area is 224 Å². The average Bonchev–Trinajstić information content (AvgIpc) is 2.90. The van der Waals surface area contributed by atoms with Crippen LogP contribution in [0.15, 0.2) is 30.3 Å². The number of nitrogens with one attached hydrogen (secondary N) is 1. The molecule has 3 N–H and O–H groups in total. The second kappa shape index (κ2) is 12.4. The number of hydrogen-bond donors (Lipinski definition) is 3. The van der Waals surface area contributed by atoms with Crippen molar-refractivity contribution in [2.45, 2.75) is 45.3 Å². The van der Waals surface area contributed by atoms with Crippen molar-refractivity contribution in [1.29, 1.82) is 0 Å². The molecule has 0 radical (unpaired) electrons. The Kier molecular flexibility index (Phi) is 9.28. The number of aliphatic carboxylic acids is 2. The van der Waals surface area contributed by atoms with E-state index in [0.29, 0.717) is 10.9 Å². The van der Waals surface area contributed by atoms with Crippen LogP contribution in [0, 0.1) is 0 Å². The number of aromatic nitrogens is 1. The summed E-state index contributed by atoms with van der Waals surface area (Å²) in [6.45, 7) is 5.50. The van der Waals surface area contributed by atoms with Gasteiger partial charge in [-0.15, -0.1) is 0 Å². The first-order valence-corrected chi connectivity index (χ1v) is 12.5. The maximum atomic E-state index is 13.3. The van der Waals surface area contributed by atoms with Crippen molar-refractivity contribution in [3.63, 3.8) is 0 Å². The van der Waals surface area contributed by atoms with E-state index in [1.54, 1.807) is 31.2 Å². The molecular formula is C26H32N4O9. The van der Waals surface area contributed by atoms with E-state index in [2.05, 4.69) is 10.3 Å². The van der Waals surface area contributed by atoms with Crippen LogP contribution >= 0.6 is 0 Å². The fraction of sp³-hybridized carbons (Fsp3) is 0.462. The van der Waals surface area contributed by atoms with E-state index in [4.69, 9.17) is 9.47 Å². The molecule has 0 saturated carbocycles. The zero-order valence-corrected chi connectivity index (χ0v) is 22.0. The van der Waals surface area contributed by atoms with E-state index in [9.17, 15) is 34.2 Å². The number of ether oxygens (including phenoxy) is 2. The van der Waals surface area contributed by atoms with Crippen LogP contribution in [0.25, 0.3) is 10.9 Å². The van der Waals surface area contributed by atoms with Gasteiger partial charge in [-0.2, -0.15) is 0 Å². The quantitative estimate of drug-likeness (QED) is 0.399. The van der Waals surface area contributed by atoms with Gasteiger partial charge in [0, 0.05) is 44.1 Å². The second-order valence-electron chi connectivity index (χ2n) is 9.41. The molecule has 0 bridgehead atoms. The van der Waals surface area contributed by atoms with Crippen molar-refractivity contribution in [2.75, 3.05) is 32.8 Å². The summed E-state index contributed by atoms with van der Waals surface area (Å²) in [5, 5.41) is 21.8. The molecule has 210 valence electrons. The van der Waals surface area contributed by atoms with Gasteiger partial charge >= 0.3 is 18.0 Å². The van der Waals surface area contributed by atoms with E-state index in [1.165, 1.54) is 29.7 Å². The molecule has 0 aliphatic carbocycles.